The summed E-state index contributed by atoms with van der Waals surface area (Å²) in [6.07, 6.45) is 0.720. The van der Waals surface area contributed by atoms with Crippen LogP contribution >= 0.6 is 23.1 Å². The molecular formula is C32H29N3O5S2. The lowest BCUT2D eigenvalue weighted by Gasteiger charge is -2.23. The molecule has 1 aromatic heterocycles. The van der Waals surface area contributed by atoms with Crippen LogP contribution in [0.15, 0.2) is 76.6 Å². The monoisotopic (exact) mass is 599 g/mol. The van der Waals surface area contributed by atoms with Gasteiger partial charge >= 0.3 is 5.91 Å². The molecule has 2 atom stereocenters. The zero-order chi connectivity index (χ0) is 29.4. The second-order valence-electron chi connectivity index (χ2n) is 10.3. The lowest BCUT2D eigenvalue weighted by molar-refractivity contribution is -0.132. The van der Waals surface area contributed by atoms with Crippen LogP contribution in [0.3, 0.4) is 0 Å². The number of ether oxygens (including phenoxy) is 2. The Labute approximate surface area is 252 Å². The van der Waals surface area contributed by atoms with Gasteiger partial charge < -0.3 is 14.6 Å². The van der Waals surface area contributed by atoms with Crippen molar-refractivity contribution < 1.29 is 24.2 Å². The molecule has 2 aliphatic rings. The molecule has 1 amide bonds. The van der Waals surface area contributed by atoms with E-state index in [2.05, 4.69) is 34.5 Å². The van der Waals surface area contributed by atoms with Gasteiger partial charge in [0.05, 0.1) is 18.2 Å². The molecule has 0 radical (unpaired) electrons. The van der Waals surface area contributed by atoms with Crippen molar-refractivity contribution in [2.45, 2.75) is 49.4 Å². The van der Waals surface area contributed by atoms with Crippen molar-refractivity contribution in [3.63, 3.8) is 0 Å². The van der Waals surface area contributed by atoms with Crippen LogP contribution in [0.25, 0.3) is 5.76 Å². The predicted molar refractivity (Wildman–Crippen MR) is 163 cm³/mol. The van der Waals surface area contributed by atoms with E-state index in [-0.39, 0.29) is 22.6 Å². The molecule has 3 heterocycles. The number of Topliss-reactive ketones (excluding diaryl/α,β-unsaturated/α-hetero) is 1. The number of ketones is 1. The van der Waals surface area contributed by atoms with Crippen LogP contribution in [0.5, 0.6) is 11.5 Å². The van der Waals surface area contributed by atoms with Crippen LogP contribution in [0.4, 0.5) is 5.13 Å². The first kappa shape index (κ1) is 28.0. The van der Waals surface area contributed by atoms with Gasteiger partial charge in [-0.2, -0.15) is 0 Å². The number of carbonyl (C=O) groups is 2. The first-order chi connectivity index (χ1) is 20.3. The Morgan fingerprint density at radius 2 is 1.93 bits per heavy atom. The number of aryl methyl sites for hydroxylation is 1. The zero-order valence-electron chi connectivity index (χ0n) is 23.4. The molecule has 8 nitrogen and oxygen atoms in total. The minimum atomic E-state index is -0.920. The fraction of sp³-hybridized carbons (Fsp3) is 0.250. The van der Waals surface area contributed by atoms with Gasteiger partial charge in [0, 0.05) is 17.7 Å². The predicted octanol–water partition coefficient (Wildman–Crippen LogP) is 6.49. The number of benzene rings is 3. The Bertz CT molecular complexity index is 1700. The van der Waals surface area contributed by atoms with Gasteiger partial charge in [-0.3, -0.25) is 14.5 Å². The van der Waals surface area contributed by atoms with E-state index in [0.29, 0.717) is 40.0 Å². The number of carbonyl (C=O) groups excluding carboxylic acids is 2. The summed E-state index contributed by atoms with van der Waals surface area (Å²) in [5, 5.41) is 20.5. The van der Waals surface area contributed by atoms with Gasteiger partial charge in [0.25, 0.3) is 5.78 Å². The van der Waals surface area contributed by atoms with Crippen molar-refractivity contribution in [1.29, 1.82) is 0 Å². The van der Waals surface area contributed by atoms with Crippen LogP contribution in [0.2, 0.25) is 0 Å². The molecule has 10 heteroatoms. The second-order valence-corrected chi connectivity index (χ2v) is 12.4. The lowest BCUT2D eigenvalue weighted by atomic mass is 9.94. The summed E-state index contributed by atoms with van der Waals surface area (Å²) in [4.78, 5) is 28.6. The highest BCUT2D eigenvalue weighted by Gasteiger charge is 2.48. The summed E-state index contributed by atoms with van der Waals surface area (Å²) >= 11 is 2.75. The molecule has 1 N–H and O–H groups in total. The van der Waals surface area contributed by atoms with Crippen LogP contribution in [0.1, 0.15) is 47.7 Å². The quantitative estimate of drug-likeness (QED) is 0.0807. The van der Waals surface area contributed by atoms with Gasteiger partial charge in [0.2, 0.25) is 5.13 Å². The van der Waals surface area contributed by atoms with Gasteiger partial charge in [-0.05, 0) is 67.8 Å². The molecule has 6 rings (SSSR count). The Morgan fingerprint density at radius 1 is 1.12 bits per heavy atom. The molecule has 0 unspecified atom stereocenters. The van der Waals surface area contributed by atoms with E-state index >= 15 is 0 Å². The summed E-state index contributed by atoms with van der Waals surface area (Å²) in [6.45, 7) is 6.36. The second kappa shape index (κ2) is 11.6. The van der Waals surface area contributed by atoms with Crippen molar-refractivity contribution in [2.24, 2.45) is 0 Å². The molecule has 2 aliphatic heterocycles. The maximum absolute atomic E-state index is 13.6. The third-order valence-electron chi connectivity index (χ3n) is 7.18. The topological polar surface area (TPSA) is 102 Å². The van der Waals surface area contributed by atoms with Crippen LogP contribution in [-0.4, -0.2) is 39.7 Å². The Kier molecular flexibility index (Phi) is 7.74. The summed E-state index contributed by atoms with van der Waals surface area (Å²) in [5.41, 5.74) is 4.32. The summed E-state index contributed by atoms with van der Waals surface area (Å²) in [7, 11) is 0. The first-order valence-electron chi connectivity index (χ1n) is 13.7. The fourth-order valence-corrected chi connectivity index (χ4v) is 7.02. The Hall–Kier alpha value is -4.15. The number of rotatable bonds is 8. The number of aliphatic hydroxyl groups excluding tert-OH is 1. The SMILES string of the molecule is CCOc1cccc([C@H]2/C(=C(\O)c3ccc4c(c3)C[C@@H](C)O4)C(=O)C(=O)N2c2nnc(SCc3ccc(C)cc3)s2)c1. The standard InChI is InChI=1S/C32H29N3O5S2/c1-4-39-24-7-5-6-21(16-24)27-26(28(36)22-12-13-25-23(15-22)14-19(3)40-25)29(37)30(38)35(27)31-33-34-32(42-31)41-17-20-10-8-18(2)9-11-20/h5-13,15-16,19,27,36H,4,14,17H2,1-3H3/b28-26+/t19-,27+/m1/s1. The Balaban J connectivity index is 1.39. The summed E-state index contributed by atoms with van der Waals surface area (Å²) in [6, 6.07) is 19.9. The molecule has 3 aromatic carbocycles. The third-order valence-corrected chi connectivity index (χ3v) is 9.31. The average Bonchev–Trinajstić information content (AvgIpc) is 3.67. The molecule has 0 saturated carbocycles. The smallest absolute Gasteiger partial charge is 0.301 e. The van der Waals surface area contributed by atoms with Crippen LogP contribution in [0, 0.1) is 6.92 Å². The van der Waals surface area contributed by atoms with Crippen LogP contribution in [-0.2, 0) is 21.8 Å². The van der Waals surface area contributed by atoms with Crippen molar-refractivity contribution in [2.75, 3.05) is 11.5 Å². The number of amides is 1. The highest BCUT2D eigenvalue weighted by Crippen LogP contribution is 2.45. The molecule has 42 heavy (non-hydrogen) atoms. The van der Waals surface area contributed by atoms with Gasteiger partial charge in [-0.15, -0.1) is 10.2 Å². The number of aliphatic hydroxyl groups is 1. The number of nitrogens with zero attached hydrogens (tertiary/aromatic N) is 3. The fourth-order valence-electron chi connectivity index (χ4n) is 5.20. The highest BCUT2D eigenvalue weighted by molar-refractivity contribution is 8.00. The van der Waals surface area contributed by atoms with Gasteiger partial charge in [-0.25, -0.2) is 0 Å². The summed E-state index contributed by atoms with van der Waals surface area (Å²) < 4.78 is 12.2. The normalized spacial score (nSPS) is 19.2. The van der Waals surface area contributed by atoms with Crippen LogP contribution < -0.4 is 14.4 Å². The average molecular weight is 600 g/mol. The van der Waals surface area contributed by atoms with E-state index in [1.165, 1.54) is 33.6 Å². The molecule has 0 spiro atoms. The van der Waals surface area contributed by atoms with E-state index in [1.807, 2.05) is 39.0 Å². The summed E-state index contributed by atoms with van der Waals surface area (Å²) in [5.74, 6) is 0.236. The molecular weight excluding hydrogens is 571 g/mol. The minimum Gasteiger partial charge on any atom is -0.507 e. The first-order valence-corrected chi connectivity index (χ1v) is 15.5. The molecule has 1 fully saturated rings. The van der Waals surface area contributed by atoms with E-state index in [1.54, 1.807) is 24.3 Å². The Morgan fingerprint density at radius 3 is 2.71 bits per heavy atom. The number of anilines is 1. The number of thioether (sulfide) groups is 1. The maximum Gasteiger partial charge on any atom is 0.301 e. The van der Waals surface area contributed by atoms with Crippen molar-refractivity contribution in [3.8, 4) is 11.5 Å². The third kappa shape index (κ3) is 5.39. The highest BCUT2D eigenvalue weighted by atomic mass is 32.2. The molecule has 0 aliphatic carbocycles. The largest absolute Gasteiger partial charge is 0.507 e. The maximum atomic E-state index is 13.6. The van der Waals surface area contributed by atoms with E-state index in [0.717, 1.165) is 16.9 Å². The van der Waals surface area contributed by atoms with Crippen molar-refractivity contribution in [3.05, 3.63) is 100 Å². The minimum absolute atomic E-state index is 0.00961. The molecule has 214 valence electrons. The zero-order valence-corrected chi connectivity index (χ0v) is 25.0. The molecule has 4 aromatic rings. The lowest BCUT2D eigenvalue weighted by Crippen LogP contribution is -2.29. The van der Waals surface area contributed by atoms with Gasteiger partial charge in [0.15, 0.2) is 4.34 Å². The van der Waals surface area contributed by atoms with Crippen molar-refractivity contribution >= 4 is 45.7 Å². The van der Waals surface area contributed by atoms with E-state index < -0.39 is 17.7 Å². The van der Waals surface area contributed by atoms with Gasteiger partial charge in [0.1, 0.15) is 23.4 Å². The van der Waals surface area contributed by atoms with E-state index in [4.69, 9.17) is 9.47 Å². The molecule has 1 saturated heterocycles. The van der Waals surface area contributed by atoms with Crippen molar-refractivity contribution in [1.82, 2.24) is 10.2 Å². The number of aromatic nitrogens is 2. The number of hydrogen-bond acceptors (Lipinski definition) is 9. The molecule has 0 bridgehead atoms. The number of hydrogen-bond donors (Lipinski definition) is 1. The van der Waals surface area contributed by atoms with E-state index in [9.17, 15) is 14.7 Å². The number of fused-ring (bicyclic) bond motifs is 1. The van der Waals surface area contributed by atoms with Gasteiger partial charge in [-0.1, -0.05) is 65.1 Å².